The molecule has 1 unspecified atom stereocenters. The average Bonchev–Trinajstić information content (AvgIpc) is 3.06. The van der Waals surface area contributed by atoms with Gasteiger partial charge >= 0.3 is 10.8 Å². The van der Waals surface area contributed by atoms with Crippen LogP contribution in [0.25, 0.3) is 10.3 Å². The number of aliphatic carboxylic acids is 1. The number of carboxylic acids is 1. The Morgan fingerprint density at radius 3 is 2.88 bits per heavy atom. The second-order valence-electron chi connectivity index (χ2n) is 5.48. The Morgan fingerprint density at radius 1 is 1.52 bits per heavy atom. The molecule has 0 aliphatic carbocycles. The van der Waals surface area contributed by atoms with Gasteiger partial charge in [0.2, 0.25) is 5.95 Å². The molecule has 0 saturated carbocycles. The van der Waals surface area contributed by atoms with Crippen molar-refractivity contribution in [3.63, 3.8) is 0 Å². The van der Waals surface area contributed by atoms with Crippen molar-refractivity contribution in [2.75, 3.05) is 5.73 Å². The van der Waals surface area contributed by atoms with E-state index in [1.807, 2.05) is 0 Å². The fraction of sp³-hybridized carbons (Fsp3) is 0.538. The summed E-state index contributed by atoms with van der Waals surface area (Å²) in [6, 6.07) is 0. The number of rotatable bonds is 5. The molecule has 1 aliphatic rings. The Kier molecular flexibility index (Phi) is 4.86. The second-order valence-corrected chi connectivity index (χ2v) is 7.79. The molecule has 0 amide bonds. The van der Waals surface area contributed by atoms with Gasteiger partial charge in [-0.2, -0.15) is 4.98 Å². The lowest BCUT2D eigenvalue weighted by atomic mass is 10.2. The number of nitrogen functional groups attached to an aromatic ring is 1. The molecule has 0 spiro atoms. The molecule has 2 aromatic rings. The number of aromatic nitrogens is 3. The lowest BCUT2D eigenvalue weighted by molar-refractivity contribution is -0.138. The van der Waals surface area contributed by atoms with Gasteiger partial charge in [0, 0.05) is 0 Å². The number of carboxylic acid groups (broad SMARTS) is 1. The summed E-state index contributed by atoms with van der Waals surface area (Å²) in [7, 11) is 0. The van der Waals surface area contributed by atoms with Crippen LogP contribution in [0.5, 0.6) is 0 Å². The van der Waals surface area contributed by atoms with Gasteiger partial charge in [0.25, 0.3) is 5.56 Å². The zero-order valence-electron chi connectivity index (χ0n) is 13.0. The molecule has 10 nitrogen and oxygen atoms in total. The molecule has 0 bridgehead atoms. The highest BCUT2D eigenvalue weighted by atomic mass is 32.2. The van der Waals surface area contributed by atoms with Crippen LogP contribution in [-0.4, -0.2) is 47.5 Å². The van der Waals surface area contributed by atoms with Crippen molar-refractivity contribution in [2.24, 2.45) is 0 Å². The van der Waals surface area contributed by atoms with Gasteiger partial charge in [-0.1, -0.05) is 18.3 Å². The number of aliphatic hydroxyl groups excluding tert-OH is 1. The number of H-pyrrole nitrogens is 1. The van der Waals surface area contributed by atoms with E-state index >= 15 is 0 Å². The normalized spacial score (nSPS) is 24.6. The quantitative estimate of drug-likeness (QED) is 0.549. The van der Waals surface area contributed by atoms with Crippen LogP contribution in [0.4, 0.5) is 5.95 Å². The molecule has 4 atom stereocenters. The van der Waals surface area contributed by atoms with E-state index < -0.39 is 39.4 Å². The predicted octanol–water partition coefficient (Wildman–Crippen LogP) is -0.0692. The lowest BCUT2D eigenvalue weighted by Crippen LogP contribution is -2.29. The standard InChI is InChI=1S/C13H16N4O6S2/c1-2-4(18)11-23-10(5(24-11)3-6(19)20)17-8-7(25-13(17)22)9(21)16-12(14)15-8/h4-5,10-11,18H,2-3H2,1H3,(H,19,20)(H3,14,15,16,21)/t4?,5-,10+,11+/m0/s1. The molecule has 1 aliphatic heterocycles. The van der Waals surface area contributed by atoms with Crippen molar-refractivity contribution in [3.8, 4) is 0 Å². The minimum Gasteiger partial charge on any atom is -0.481 e. The number of fused-ring (bicyclic) bond motifs is 1. The Labute approximate surface area is 148 Å². The summed E-state index contributed by atoms with van der Waals surface area (Å²) < 4.78 is 7.00. The highest BCUT2D eigenvalue weighted by molar-refractivity contribution is 8.00. The molecule has 12 heteroatoms. The molecule has 3 heterocycles. The predicted molar refractivity (Wildman–Crippen MR) is 92.8 cm³/mol. The maximum absolute atomic E-state index is 12.4. The van der Waals surface area contributed by atoms with E-state index in [0.29, 0.717) is 17.8 Å². The summed E-state index contributed by atoms with van der Waals surface area (Å²) in [5, 5.41) is 18.5. The Bertz CT molecular complexity index is 921. The third-order valence-electron chi connectivity index (χ3n) is 3.75. The molecule has 2 aromatic heterocycles. The topological polar surface area (TPSA) is 161 Å². The van der Waals surface area contributed by atoms with Crippen LogP contribution in [0.1, 0.15) is 26.0 Å². The van der Waals surface area contributed by atoms with E-state index in [0.717, 1.165) is 16.3 Å². The van der Waals surface area contributed by atoms with Crippen LogP contribution in [0.2, 0.25) is 0 Å². The largest absolute Gasteiger partial charge is 0.481 e. The summed E-state index contributed by atoms with van der Waals surface area (Å²) in [5.41, 5.74) is 4.37. The zero-order chi connectivity index (χ0) is 18.3. The minimum atomic E-state index is -1.06. The van der Waals surface area contributed by atoms with Gasteiger partial charge in [-0.3, -0.25) is 23.9 Å². The van der Waals surface area contributed by atoms with E-state index in [4.69, 9.17) is 15.6 Å². The van der Waals surface area contributed by atoms with Crippen molar-refractivity contribution in [1.82, 2.24) is 14.5 Å². The van der Waals surface area contributed by atoms with Gasteiger partial charge in [-0.15, -0.1) is 11.8 Å². The van der Waals surface area contributed by atoms with Crippen LogP contribution in [-0.2, 0) is 9.53 Å². The molecular formula is C13H16N4O6S2. The van der Waals surface area contributed by atoms with Gasteiger partial charge in [0.15, 0.2) is 11.9 Å². The smallest absolute Gasteiger partial charge is 0.311 e. The lowest BCUT2D eigenvalue weighted by Gasteiger charge is -2.18. The van der Waals surface area contributed by atoms with E-state index in [9.17, 15) is 19.5 Å². The second kappa shape index (κ2) is 6.78. The van der Waals surface area contributed by atoms with Crippen LogP contribution in [0, 0.1) is 0 Å². The van der Waals surface area contributed by atoms with E-state index in [1.165, 1.54) is 0 Å². The Balaban J connectivity index is 2.10. The number of thioether (sulfide) groups is 1. The van der Waals surface area contributed by atoms with Gasteiger partial charge < -0.3 is 20.7 Å². The maximum atomic E-state index is 12.4. The molecule has 1 fully saturated rings. The van der Waals surface area contributed by atoms with E-state index in [1.54, 1.807) is 6.92 Å². The number of hydrogen-bond acceptors (Lipinski definition) is 9. The summed E-state index contributed by atoms with van der Waals surface area (Å²) in [4.78, 5) is 41.3. The SMILES string of the molecule is CCC(O)[C@@H]1O[C@@H](n2c(=O)sc3c(=O)[nH]c(N)nc32)[C@H](CC(=O)O)S1. The van der Waals surface area contributed by atoms with Crippen molar-refractivity contribution < 1.29 is 19.7 Å². The molecule has 25 heavy (non-hydrogen) atoms. The number of ether oxygens (including phenoxy) is 1. The van der Waals surface area contributed by atoms with Gasteiger partial charge in [0.05, 0.1) is 17.8 Å². The molecule has 0 radical (unpaired) electrons. The number of aliphatic hydroxyl groups is 1. The number of nitrogens with zero attached hydrogens (tertiary/aromatic N) is 2. The monoisotopic (exact) mass is 388 g/mol. The van der Waals surface area contributed by atoms with Gasteiger partial charge in [-0.05, 0) is 6.42 Å². The van der Waals surface area contributed by atoms with Crippen molar-refractivity contribution in [2.45, 2.75) is 42.8 Å². The third kappa shape index (κ3) is 3.29. The Morgan fingerprint density at radius 2 is 2.24 bits per heavy atom. The number of aromatic amines is 1. The van der Waals surface area contributed by atoms with Crippen molar-refractivity contribution in [1.29, 1.82) is 0 Å². The summed E-state index contributed by atoms with van der Waals surface area (Å²) in [6.07, 6.45) is -1.64. The molecule has 3 rings (SSSR count). The maximum Gasteiger partial charge on any atom is 0.311 e. The fourth-order valence-electron chi connectivity index (χ4n) is 2.59. The number of hydrogen-bond donors (Lipinski definition) is 4. The first-order valence-electron chi connectivity index (χ1n) is 7.43. The van der Waals surface area contributed by atoms with E-state index in [-0.39, 0.29) is 22.7 Å². The first-order valence-corrected chi connectivity index (χ1v) is 9.19. The van der Waals surface area contributed by atoms with Gasteiger partial charge in [-0.25, -0.2) is 0 Å². The van der Waals surface area contributed by atoms with E-state index in [2.05, 4.69) is 9.97 Å². The first kappa shape index (κ1) is 17.9. The van der Waals surface area contributed by atoms with Crippen molar-refractivity contribution in [3.05, 3.63) is 20.0 Å². The number of thiazole rings is 1. The summed E-state index contributed by atoms with van der Waals surface area (Å²) in [5.74, 6) is -1.22. The molecular weight excluding hydrogens is 372 g/mol. The first-order chi connectivity index (χ1) is 11.8. The van der Waals surface area contributed by atoms with Crippen LogP contribution >= 0.6 is 23.1 Å². The van der Waals surface area contributed by atoms with Crippen LogP contribution in [0.15, 0.2) is 9.59 Å². The summed E-state index contributed by atoms with van der Waals surface area (Å²) >= 11 is 1.83. The van der Waals surface area contributed by atoms with Crippen LogP contribution < -0.4 is 16.2 Å². The molecule has 136 valence electrons. The van der Waals surface area contributed by atoms with Crippen molar-refractivity contribution >= 4 is 45.4 Å². The molecule has 0 aromatic carbocycles. The number of anilines is 1. The number of nitrogens with two attached hydrogens (primary N) is 1. The number of carbonyl (C=O) groups is 1. The van der Waals surface area contributed by atoms with Crippen LogP contribution in [0.3, 0.4) is 0 Å². The summed E-state index contributed by atoms with van der Waals surface area (Å²) in [6.45, 7) is 1.77. The third-order valence-corrected chi connectivity index (χ3v) is 6.14. The molecule has 5 N–H and O–H groups in total. The fourth-order valence-corrected chi connectivity index (χ4v) is 4.89. The molecule has 1 saturated heterocycles. The Hall–Kier alpha value is -1.89. The highest BCUT2D eigenvalue weighted by Crippen LogP contribution is 2.43. The average molecular weight is 388 g/mol. The number of nitrogens with one attached hydrogen (secondary N) is 1. The van der Waals surface area contributed by atoms with Gasteiger partial charge in [0.1, 0.15) is 10.1 Å². The minimum absolute atomic E-state index is 0.0453. The highest BCUT2D eigenvalue weighted by Gasteiger charge is 2.42. The zero-order valence-corrected chi connectivity index (χ0v) is 14.7.